The molecule has 0 saturated carbocycles. The zero-order valence-electron chi connectivity index (χ0n) is 14.3. The number of amides is 1. The van der Waals surface area contributed by atoms with E-state index in [1.165, 1.54) is 6.92 Å². The number of anilines is 1. The fourth-order valence-corrected chi connectivity index (χ4v) is 2.38. The zero-order chi connectivity index (χ0) is 17.5. The van der Waals surface area contributed by atoms with Crippen LogP contribution < -0.4 is 10.1 Å². The maximum absolute atomic E-state index is 12.1. The van der Waals surface area contributed by atoms with E-state index < -0.39 is 0 Å². The van der Waals surface area contributed by atoms with Crippen molar-refractivity contribution in [3.05, 3.63) is 59.7 Å². The van der Waals surface area contributed by atoms with Crippen molar-refractivity contribution < 1.29 is 14.3 Å². The zero-order valence-corrected chi connectivity index (χ0v) is 14.3. The van der Waals surface area contributed by atoms with Gasteiger partial charge in [-0.3, -0.25) is 9.59 Å². The van der Waals surface area contributed by atoms with Gasteiger partial charge in [0.2, 0.25) is 0 Å². The molecule has 1 amide bonds. The summed E-state index contributed by atoms with van der Waals surface area (Å²) in [5.74, 6) is 0.731. The molecule has 0 unspecified atom stereocenters. The number of Topliss-reactive ketones (excluding diaryl/α,β-unsaturated/α-hetero) is 1. The van der Waals surface area contributed by atoms with E-state index in [-0.39, 0.29) is 18.3 Å². The summed E-state index contributed by atoms with van der Waals surface area (Å²) in [4.78, 5) is 23.4. The molecule has 4 heteroatoms. The molecule has 0 aliphatic heterocycles. The summed E-state index contributed by atoms with van der Waals surface area (Å²) in [6.45, 7) is 5.70. The highest BCUT2D eigenvalue weighted by molar-refractivity contribution is 5.94. The number of hydrogen-bond acceptors (Lipinski definition) is 3. The Bertz CT molecular complexity index is 707. The number of para-hydroxylation sites is 1. The normalized spacial score (nSPS) is 11.6. The molecular weight excluding hydrogens is 302 g/mol. The lowest BCUT2D eigenvalue weighted by atomic mass is 9.97. The monoisotopic (exact) mass is 325 g/mol. The molecule has 0 spiro atoms. The minimum absolute atomic E-state index is 0.000874. The molecule has 4 nitrogen and oxygen atoms in total. The summed E-state index contributed by atoms with van der Waals surface area (Å²) in [5.41, 5.74) is 2.57. The average molecular weight is 325 g/mol. The van der Waals surface area contributed by atoms with Crippen LogP contribution in [0, 0.1) is 0 Å². The van der Waals surface area contributed by atoms with E-state index in [0.717, 1.165) is 17.7 Å². The van der Waals surface area contributed by atoms with E-state index in [1.807, 2.05) is 24.3 Å². The Morgan fingerprint density at radius 1 is 1.08 bits per heavy atom. The molecule has 0 aliphatic rings. The second-order valence-corrected chi connectivity index (χ2v) is 5.81. The lowest BCUT2D eigenvalue weighted by Crippen LogP contribution is -2.21. The van der Waals surface area contributed by atoms with Crippen LogP contribution in [0.3, 0.4) is 0 Å². The number of hydrogen-bond donors (Lipinski definition) is 1. The molecule has 2 aromatic rings. The summed E-state index contributed by atoms with van der Waals surface area (Å²) >= 11 is 0. The standard InChI is InChI=1S/C20H23NO3/c1-4-14(2)18-7-5-6-8-19(18)21-20(23)13-24-17-11-9-16(10-12-17)15(3)22/h5-12,14H,4,13H2,1-3H3,(H,21,23)/t14-/m1/s1. The predicted octanol–water partition coefficient (Wildman–Crippen LogP) is 4.42. The smallest absolute Gasteiger partial charge is 0.262 e. The van der Waals surface area contributed by atoms with Crippen molar-refractivity contribution in [1.82, 2.24) is 0 Å². The molecule has 1 atom stereocenters. The topological polar surface area (TPSA) is 55.4 Å². The van der Waals surface area contributed by atoms with Crippen molar-refractivity contribution in [3.63, 3.8) is 0 Å². The van der Waals surface area contributed by atoms with E-state index in [1.54, 1.807) is 24.3 Å². The highest BCUT2D eigenvalue weighted by Crippen LogP contribution is 2.26. The van der Waals surface area contributed by atoms with Crippen molar-refractivity contribution in [2.45, 2.75) is 33.1 Å². The Hall–Kier alpha value is -2.62. The first-order valence-corrected chi connectivity index (χ1v) is 8.13. The third-order valence-corrected chi connectivity index (χ3v) is 4.01. The van der Waals surface area contributed by atoms with Crippen LogP contribution in [0.1, 0.15) is 49.0 Å². The second kappa shape index (κ2) is 8.29. The van der Waals surface area contributed by atoms with Crippen molar-refractivity contribution in [2.75, 3.05) is 11.9 Å². The molecule has 0 aromatic heterocycles. The lowest BCUT2D eigenvalue weighted by Gasteiger charge is -2.15. The Kier molecular flexibility index (Phi) is 6.13. The second-order valence-electron chi connectivity index (χ2n) is 5.81. The summed E-state index contributed by atoms with van der Waals surface area (Å²) in [6, 6.07) is 14.6. The third kappa shape index (κ3) is 4.69. The highest BCUT2D eigenvalue weighted by atomic mass is 16.5. The Labute approximate surface area is 142 Å². The predicted molar refractivity (Wildman–Crippen MR) is 95.7 cm³/mol. The first kappa shape index (κ1) is 17.7. The average Bonchev–Trinajstić information content (AvgIpc) is 2.60. The van der Waals surface area contributed by atoms with Crippen molar-refractivity contribution in [2.24, 2.45) is 0 Å². The molecule has 0 radical (unpaired) electrons. The largest absolute Gasteiger partial charge is 0.484 e. The molecule has 126 valence electrons. The SMILES string of the molecule is CC[C@@H](C)c1ccccc1NC(=O)COc1ccc(C(C)=O)cc1. The van der Waals surface area contributed by atoms with Crippen LogP contribution in [0.25, 0.3) is 0 Å². The van der Waals surface area contributed by atoms with E-state index in [2.05, 4.69) is 19.2 Å². The summed E-state index contributed by atoms with van der Waals surface area (Å²) in [7, 11) is 0. The van der Waals surface area contributed by atoms with Crippen LogP contribution in [0.15, 0.2) is 48.5 Å². The van der Waals surface area contributed by atoms with Gasteiger partial charge in [0.05, 0.1) is 0 Å². The Balaban J connectivity index is 1.95. The minimum Gasteiger partial charge on any atom is -0.484 e. The van der Waals surface area contributed by atoms with Gasteiger partial charge in [0.1, 0.15) is 5.75 Å². The molecule has 0 bridgehead atoms. The molecule has 0 aliphatic carbocycles. The third-order valence-electron chi connectivity index (χ3n) is 4.01. The van der Waals surface area contributed by atoms with Gasteiger partial charge in [0.15, 0.2) is 12.4 Å². The maximum atomic E-state index is 12.1. The van der Waals surface area contributed by atoms with Crippen molar-refractivity contribution in [1.29, 1.82) is 0 Å². The van der Waals surface area contributed by atoms with Gasteiger partial charge in [-0.25, -0.2) is 0 Å². The number of benzene rings is 2. The van der Waals surface area contributed by atoms with Gasteiger partial charge in [-0.1, -0.05) is 32.0 Å². The van der Waals surface area contributed by atoms with Gasteiger partial charge < -0.3 is 10.1 Å². The molecule has 2 aromatic carbocycles. The summed E-state index contributed by atoms with van der Waals surface area (Å²) in [5, 5.41) is 2.91. The Morgan fingerprint density at radius 3 is 2.38 bits per heavy atom. The fraction of sp³-hybridized carbons (Fsp3) is 0.300. The number of nitrogens with one attached hydrogen (secondary N) is 1. The number of carbonyl (C=O) groups excluding carboxylic acids is 2. The van der Waals surface area contributed by atoms with Gasteiger partial charge in [-0.15, -0.1) is 0 Å². The van der Waals surface area contributed by atoms with Crippen molar-refractivity contribution >= 4 is 17.4 Å². The Morgan fingerprint density at radius 2 is 1.75 bits per heavy atom. The van der Waals surface area contributed by atoms with Gasteiger partial charge in [0, 0.05) is 11.3 Å². The molecule has 0 saturated heterocycles. The first-order chi connectivity index (χ1) is 11.5. The summed E-state index contributed by atoms with van der Waals surface area (Å²) < 4.78 is 5.48. The molecule has 1 N–H and O–H groups in total. The first-order valence-electron chi connectivity index (χ1n) is 8.13. The van der Waals surface area contributed by atoms with Crippen LogP contribution in [-0.2, 0) is 4.79 Å². The number of carbonyl (C=O) groups is 2. The van der Waals surface area contributed by atoms with Crippen molar-refractivity contribution in [3.8, 4) is 5.75 Å². The quantitative estimate of drug-likeness (QED) is 0.767. The van der Waals surface area contributed by atoms with E-state index >= 15 is 0 Å². The minimum atomic E-state index is -0.207. The molecule has 24 heavy (non-hydrogen) atoms. The van der Waals surface area contributed by atoms with Crippen LogP contribution in [-0.4, -0.2) is 18.3 Å². The van der Waals surface area contributed by atoms with Gasteiger partial charge in [-0.05, 0) is 55.2 Å². The van der Waals surface area contributed by atoms with Gasteiger partial charge in [0.25, 0.3) is 5.91 Å². The van der Waals surface area contributed by atoms with E-state index in [9.17, 15) is 9.59 Å². The number of ether oxygens (including phenoxy) is 1. The van der Waals surface area contributed by atoms with Crippen LogP contribution in [0.4, 0.5) is 5.69 Å². The van der Waals surface area contributed by atoms with Crippen LogP contribution >= 0.6 is 0 Å². The van der Waals surface area contributed by atoms with Crippen LogP contribution in [0.2, 0.25) is 0 Å². The highest BCUT2D eigenvalue weighted by Gasteiger charge is 2.11. The maximum Gasteiger partial charge on any atom is 0.262 e. The fourth-order valence-electron chi connectivity index (χ4n) is 2.38. The van der Waals surface area contributed by atoms with Gasteiger partial charge >= 0.3 is 0 Å². The van der Waals surface area contributed by atoms with E-state index in [4.69, 9.17) is 4.74 Å². The lowest BCUT2D eigenvalue weighted by molar-refractivity contribution is -0.118. The molecule has 0 heterocycles. The van der Waals surface area contributed by atoms with E-state index in [0.29, 0.717) is 17.2 Å². The molecule has 2 rings (SSSR count). The molecule has 0 fully saturated rings. The van der Waals surface area contributed by atoms with Gasteiger partial charge in [-0.2, -0.15) is 0 Å². The van der Waals surface area contributed by atoms with Crippen LogP contribution in [0.5, 0.6) is 5.75 Å². The molecular formula is C20H23NO3. The number of ketones is 1. The summed E-state index contributed by atoms with van der Waals surface area (Å²) in [6.07, 6.45) is 1.01. The number of rotatable bonds is 7.